The van der Waals surface area contributed by atoms with E-state index in [0.29, 0.717) is 0 Å². The highest BCUT2D eigenvalue weighted by molar-refractivity contribution is 5.15. The monoisotopic (exact) mass is 236 g/mol. The lowest BCUT2D eigenvalue weighted by Gasteiger charge is -2.18. The molecule has 0 bridgehead atoms. The van der Waals surface area contributed by atoms with Crippen molar-refractivity contribution in [2.75, 3.05) is 6.54 Å². The Kier molecular flexibility index (Phi) is 6.48. The molecule has 3 heteroatoms. The second-order valence-electron chi connectivity index (χ2n) is 4.16. The summed E-state index contributed by atoms with van der Waals surface area (Å²) in [7, 11) is 0. The normalized spacial score (nSPS) is 12.4. The van der Waals surface area contributed by atoms with Crippen molar-refractivity contribution in [2.24, 2.45) is 0 Å². The summed E-state index contributed by atoms with van der Waals surface area (Å²) < 4.78 is 13.1. The summed E-state index contributed by atoms with van der Waals surface area (Å²) in [5, 5.41) is 3.43. The van der Waals surface area contributed by atoms with Crippen LogP contribution >= 0.6 is 0 Å². The average molecular weight is 236 g/mol. The second-order valence-corrected chi connectivity index (χ2v) is 4.16. The molecule has 1 rings (SSSR count). The topological polar surface area (TPSA) is 24.9 Å². The van der Waals surface area contributed by atoms with Crippen molar-refractivity contribution in [1.82, 2.24) is 10.3 Å². The molecular weight excluding hydrogens is 215 g/mol. The maximum atomic E-state index is 13.1. The summed E-state index contributed by atoms with van der Waals surface area (Å²) >= 11 is 0. The Morgan fingerprint density at radius 2 is 2.35 bits per heavy atom. The molecule has 0 aliphatic carbocycles. The SMILES string of the molecule is C=CCCCC(NCCC)c1cncc(F)c1. The Balaban J connectivity index is 2.63. The van der Waals surface area contributed by atoms with E-state index in [0.717, 1.165) is 37.8 Å². The highest BCUT2D eigenvalue weighted by Crippen LogP contribution is 2.19. The van der Waals surface area contributed by atoms with Gasteiger partial charge in [0.05, 0.1) is 6.20 Å². The zero-order valence-electron chi connectivity index (χ0n) is 10.5. The van der Waals surface area contributed by atoms with Crippen molar-refractivity contribution in [3.63, 3.8) is 0 Å². The van der Waals surface area contributed by atoms with Gasteiger partial charge in [-0.3, -0.25) is 4.98 Å². The van der Waals surface area contributed by atoms with Gasteiger partial charge in [-0.25, -0.2) is 4.39 Å². The van der Waals surface area contributed by atoms with Crippen LogP contribution in [0.1, 0.15) is 44.2 Å². The highest BCUT2D eigenvalue weighted by Gasteiger charge is 2.11. The number of hydrogen-bond donors (Lipinski definition) is 1. The van der Waals surface area contributed by atoms with Crippen LogP contribution in [0, 0.1) is 5.82 Å². The molecule has 0 aromatic carbocycles. The standard InChI is InChI=1S/C14H21FN2/c1-3-5-6-7-14(17-8-4-2)12-9-13(15)11-16-10-12/h3,9-11,14,17H,1,4-8H2,2H3. The van der Waals surface area contributed by atoms with E-state index in [1.54, 1.807) is 12.3 Å². The molecule has 94 valence electrons. The van der Waals surface area contributed by atoms with Crippen LogP contribution in [-0.2, 0) is 0 Å². The maximum Gasteiger partial charge on any atom is 0.141 e. The zero-order valence-corrected chi connectivity index (χ0v) is 10.5. The van der Waals surface area contributed by atoms with Crippen molar-refractivity contribution in [3.05, 3.63) is 42.5 Å². The third kappa shape index (κ3) is 5.09. The van der Waals surface area contributed by atoms with E-state index in [1.165, 1.54) is 6.20 Å². The third-order valence-electron chi connectivity index (χ3n) is 2.67. The molecule has 0 fully saturated rings. The summed E-state index contributed by atoms with van der Waals surface area (Å²) in [6.45, 7) is 6.78. The van der Waals surface area contributed by atoms with E-state index in [1.807, 2.05) is 6.08 Å². The van der Waals surface area contributed by atoms with Gasteiger partial charge in [-0.1, -0.05) is 13.0 Å². The predicted molar refractivity (Wildman–Crippen MR) is 69.3 cm³/mol. The lowest BCUT2D eigenvalue weighted by atomic mass is 10.0. The fourth-order valence-corrected chi connectivity index (χ4v) is 1.79. The number of halogens is 1. The molecule has 1 N–H and O–H groups in total. The summed E-state index contributed by atoms with van der Waals surface area (Å²) in [6, 6.07) is 1.76. The molecule has 1 aromatic heterocycles. The summed E-state index contributed by atoms with van der Waals surface area (Å²) in [4.78, 5) is 3.91. The van der Waals surface area contributed by atoms with Crippen molar-refractivity contribution >= 4 is 0 Å². The summed E-state index contributed by atoms with van der Waals surface area (Å²) in [6.07, 6.45) is 9.00. The number of pyridine rings is 1. The van der Waals surface area contributed by atoms with E-state index in [-0.39, 0.29) is 11.9 Å². The third-order valence-corrected chi connectivity index (χ3v) is 2.67. The Hall–Kier alpha value is -1.22. The summed E-state index contributed by atoms with van der Waals surface area (Å²) in [5.41, 5.74) is 0.933. The smallest absolute Gasteiger partial charge is 0.141 e. The van der Waals surface area contributed by atoms with Crippen LogP contribution in [0.15, 0.2) is 31.1 Å². The molecule has 0 aliphatic rings. The number of allylic oxidation sites excluding steroid dienone is 1. The van der Waals surface area contributed by atoms with Gasteiger partial charge in [0.25, 0.3) is 0 Å². The van der Waals surface area contributed by atoms with E-state index >= 15 is 0 Å². The lowest BCUT2D eigenvalue weighted by Crippen LogP contribution is -2.22. The van der Waals surface area contributed by atoms with Gasteiger partial charge < -0.3 is 5.32 Å². The Morgan fingerprint density at radius 1 is 1.53 bits per heavy atom. The highest BCUT2D eigenvalue weighted by atomic mass is 19.1. The minimum Gasteiger partial charge on any atom is -0.310 e. The van der Waals surface area contributed by atoms with Gasteiger partial charge in [-0.05, 0) is 43.9 Å². The van der Waals surface area contributed by atoms with Crippen molar-refractivity contribution < 1.29 is 4.39 Å². The first-order valence-electron chi connectivity index (χ1n) is 6.22. The van der Waals surface area contributed by atoms with Crippen LogP contribution in [-0.4, -0.2) is 11.5 Å². The van der Waals surface area contributed by atoms with Gasteiger partial charge in [-0.15, -0.1) is 6.58 Å². The molecule has 0 amide bonds. The van der Waals surface area contributed by atoms with Gasteiger partial charge in [0.15, 0.2) is 0 Å². The fourth-order valence-electron chi connectivity index (χ4n) is 1.79. The molecule has 2 nitrogen and oxygen atoms in total. The molecule has 1 heterocycles. The van der Waals surface area contributed by atoms with Gasteiger partial charge in [0.1, 0.15) is 5.82 Å². The van der Waals surface area contributed by atoms with Crippen molar-refractivity contribution in [3.8, 4) is 0 Å². The maximum absolute atomic E-state index is 13.1. The van der Waals surface area contributed by atoms with Gasteiger partial charge in [-0.2, -0.15) is 0 Å². The lowest BCUT2D eigenvalue weighted by molar-refractivity contribution is 0.481. The number of hydrogen-bond acceptors (Lipinski definition) is 2. The molecule has 17 heavy (non-hydrogen) atoms. The number of nitrogens with zero attached hydrogens (tertiary/aromatic N) is 1. The first-order chi connectivity index (χ1) is 8.27. The Bertz CT molecular complexity index is 339. The Morgan fingerprint density at radius 3 is 3.00 bits per heavy atom. The van der Waals surface area contributed by atoms with Crippen LogP contribution in [0.25, 0.3) is 0 Å². The predicted octanol–water partition coefficient (Wildman–Crippen LogP) is 3.62. The number of nitrogens with one attached hydrogen (secondary N) is 1. The molecule has 1 aromatic rings. The first-order valence-corrected chi connectivity index (χ1v) is 6.22. The second kappa shape index (κ2) is 7.96. The molecule has 0 saturated carbocycles. The van der Waals surface area contributed by atoms with Crippen LogP contribution in [0.5, 0.6) is 0 Å². The van der Waals surface area contributed by atoms with E-state index < -0.39 is 0 Å². The van der Waals surface area contributed by atoms with Crippen LogP contribution in [0.2, 0.25) is 0 Å². The van der Waals surface area contributed by atoms with Crippen LogP contribution in [0.3, 0.4) is 0 Å². The average Bonchev–Trinajstić information content (AvgIpc) is 2.33. The van der Waals surface area contributed by atoms with Crippen LogP contribution in [0.4, 0.5) is 4.39 Å². The minimum atomic E-state index is -0.269. The van der Waals surface area contributed by atoms with Gasteiger partial charge >= 0.3 is 0 Å². The summed E-state index contributed by atoms with van der Waals surface area (Å²) in [5.74, 6) is -0.269. The largest absolute Gasteiger partial charge is 0.310 e. The first kappa shape index (κ1) is 13.8. The van der Waals surface area contributed by atoms with E-state index in [4.69, 9.17) is 0 Å². The minimum absolute atomic E-state index is 0.193. The molecule has 0 saturated heterocycles. The van der Waals surface area contributed by atoms with Crippen LogP contribution < -0.4 is 5.32 Å². The number of unbranched alkanes of at least 4 members (excludes halogenated alkanes) is 1. The quantitative estimate of drug-likeness (QED) is 0.551. The van der Waals surface area contributed by atoms with Gasteiger partial charge in [0.2, 0.25) is 0 Å². The van der Waals surface area contributed by atoms with Gasteiger partial charge in [0, 0.05) is 12.2 Å². The van der Waals surface area contributed by atoms with E-state index in [2.05, 4.69) is 23.8 Å². The van der Waals surface area contributed by atoms with Crippen molar-refractivity contribution in [2.45, 2.75) is 38.6 Å². The van der Waals surface area contributed by atoms with E-state index in [9.17, 15) is 4.39 Å². The molecule has 0 aliphatic heterocycles. The molecule has 0 spiro atoms. The molecule has 1 unspecified atom stereocenters. The fraction of sp³-hybridized carbons (Fsp3) is 0.500. The van der Waals surface area contributed by atoms with Crippen molar-refractivity contribution in [1.29, 1.82) is 0 Å². The number of aromatic nitrogens is 1. The molecule has 1 atom stereocenters. The molecular formula is C14H21FN2. The molecule has 0 radical (unpaired) electrons. The Labute approximate surface area is 103 Å². The number of rotatable bonds is 8. The zero-order chi connectivity index (χ0) is 12.5.